The molecule has 0 atom stereocenters. The third kappa shape index (κ3) is 4.98. The summed E-state index contributed by atoms with van der Waals surface area (Å²) < 4.78 is 29.6. The topological polar surface area (TPSA) is 54.4 Å². The number of rotatable bonds is 2. The van der Waals surface area contributed by atoms with Crippen LogP contribution >= 0.6 is 23.2 Å². The van der Waals surface area contributed by atoms with Gasteiger partial charge in [0.15, 0.2) is 0 Å². The zero-order valence-electron chi connectivity index (χ0n) is 8.37. The van der Waals surface area contributed by atoms with Crippen LogP contribution in [0.1, 0.15) is 6.99 Å². The van der Waals surface area contributed by atoms with Crippen LogP contribution in [-0.4, -0.2) is 13.0 Å². The van der Waals surface area contributed by atoms with Gasteiger partial charge in [0, 0.05) is 10.0 Å². The predicted octanol–water partition coefficient (Wildman–Crippen LogP) is -0.502. The van der Waals surface area contributed by atoms with E-state index in [9.17, 15) is 8.42 Å². The van der Waals surface area contributed by atoms with Gasteiger partial charge in [0.1, 0.15) is 5.75 Å². The van der Waals surface area contributed by atoms with Crippen molar-refractivity contribution < 1.29 is 44.0 Å². The second-order valence-corrected chi connectivity index (χ2v) is 4.76. The van der Waals surface area contributed by atoms with Crippen LogP contribution in [-0.2, 0) is 15.9 Å². The van der Waals surface area contributed by atoms with Crippen LogP contribution in [0.2, 0.25) is 10.0 Å². The third-order valence-corrected chi connectivity index (χ3v) is 2.63. The maximum atomic E-state index is 10.5. The molecule has 0 heterocycles. The van der Waals surface area contributed by atoms with Gasteiger partial charge < -0.3 is 1.43 Å². The molecule has 74 valence electrons. The van der Waals surface area contributed by atoms with E-state index in [0.717, 1.165) is 0 Å². The molecule has 0 spiro atoms. The summed E-state index contributed by atoms with van der Waals surface area (Å²) >= 11 is 11.3. The van der Waals surface area contributed by atoms with E-state index in [1.165, 1.54) is 18.2 Å². The van der Waals surface area contributed by atoms with Crippen molar-refractivity contribution in [1.29, 1.82) is 0 Å². The van der Waals surface area contributed by atoms with E-state index in [-0.39, 0.29) is 41.6 Å². The Hall–Kier alpha value is 0.710. The average molecular weight is 265 g/mol. The molecule has 0 radical (unpaired) electrons. The van der Waals surface area contributed by atoms with Crippen molar-refractivity contribution in [3.63, 3.8) is 0 Å². The maximum absolute atomic E-state index is 10.5. The number of hydrogen-bond donors (Lipinski definition) is 1. The first-order valence-corrected chi connectivity index (χ1v) is 5.64. The normalized spacial score (nSPS) is 10.8. The minimum absolute atomic E-state index is 0. The molecule has 3 nitrogen and oxygen atoms in total. The maximum Gasteiger partial charge on any atom is 1.00 e. The fourth-order valence-corrected chi connectivity index (χ4v) is 1.94. The molecule has 1 aromatic rings. The second-order valence-electron chi connectivity index (χ2n) is 2.46. The Morgan fingerprint density at radius 3 is 2.43 bits per heavy atom. The zero-order valence-corrected chi connectivity index (χ0v) is 11.7. The number of hydrogen-bond acceptors (Lipinski definition) is 2. The molecule has 1 rings (SSSR count). The van der Waals surface area contributed by atoms with Gasteiger partial charge in [-0.2, -0.15) is 8.42 Å². The molecule has 0 aromatic heterocycles. The van der Waals surface area contributed by atoms with Gasteiger partial charge in [0.25, 0.3) is 10.1 Å². The average Bonchev–Trinajstić information content (AvgIpc) is 1.94. The molecule has 0 fully saturated rings. The monoisotopic (exact) mass is 264 g/mol. The molecule has 0 bridgehead atoms. The van der Waals surface area contributed by atoms with Crippen molar-refractivity contribution in [1.82, 2.24) is 0 Å². The van der Waals surface area contributed by atoms with Crippen molar-refractivity contribution in [2.75, 3.05) is 0 Å². The van der Waals surface area contributed by atoms with Crippen molar-refractivity contribution in [2.45, 2.75) is 5.75 Å². The van der Waals surface area contributed by atoms with Gasteiger partial charge in [-0.1, -0.05) is 23.2 Å². The van der Waals surface area contributed by atoms with Crippen LogP contribution in [0, 0.1) is 0 Å². The Balaban J connectivity index is 0. The van der Waals surface area contributed by atoms with Crippen LogP contribution in [0.15, 0.2) is 18.2 Å². The smallest absolute Gasteiger partial charge is 1.00 e. The van der Waals surface area contributed by atoms with E-state index in [1.54, 1.807) is 0 Å². The summed E-state index contributed by atoms with van der Waals surface area (Å²) in [5.41, 5.74) is 0.289. The summed E-state index contributed by atoms with van der Waals surface area (Å²) in [7, 11) is -4.06. The first kappa shape index (κ1) is 14.7. The van der Waals surface area contributed by atoms with Crippen molar-refractivity contribution in [2.24, 2.45) is 0 Å². The van der Waals surface area contributed by atoms with E-state index in [4.69, 9.17) is 27.8 Å². The Kier molecular flexibility index (Phi) is 5.99. The molecule has 0 saturated carbocycles. The Labute approximate surface area is 116 Å². The summed E-state index contributed by atoms with van der Waals surface area (Å²) in [4.78, 5) is 0. The minimum Gasteiger partial charge on any atom is -1.00 e. The van der Waals surface area contributed by atoms with Gasteiger partial charge in [-0.05, 0) is 23.8 Å². The predicted molar refractivity (Wildman–Crippen MR) is 52.8 cm³/mol. The molecular weight excluding hydrogens is 258 g/mol. The SMILES string of the molecule is O=S(=O)(O)Cc1cc(Cl)ccc1Cl.[H-].[Na+]. The van der Waals surface area contributed by atoms with Crippen molar-refractivity contribution in [3.05, 3.63) is 33.8 Å². The summed E-state index contributed by atoms with van der Waals surface area (Å²) in [6.07, 6.45) is 0. The van der Waals surface area contributed by atoms with Crippen LogP contribution in [0.25, 0.3) is 0 Å². The molecule has 0 aliphatic rings. The van der Waals surface area contributed by atoms with E-state index < -0.39 is 15.9 Å². The molecular formula is C7H7Cl2NaO3S. The molecule has 7 heteroatoms. The molecule has 0 unspecified atom stereocenters. The quantitative estimate of drug-likeness (QED) is 0.579. The van der Waals surface area contributed by atoms with Crippen LogP contribution in [0.3, 0.4) is 0 Å². The van der Waals surface area contributed by atoms with E-state index >= 15 is 0 Å². The summed E-state index contributed by atoms with van der Waals surface area (Å²) in [6.45, 7) is 0. The van der Waals surface area contributed by atoms with Gasteiger partial charge in [0.2, 0.25) is 0 Å². The van der Waals surface area contributed by atoms with Crippen LogP contribution in [0.5, 0.6) is 0 Å². The summed E-state index contributed by atoms with van der Waals surface area (Å²) in [5.74, 6) is -0.521. The molecule has 1 aromatic carbocycles. The standard InChI is InChI=1S/C7H6Cl2O3S.Na.H/c8-6-1-2-7(9)5(3-6)4-13(10,11)12;;/h1-3H,4H2,(H,10,11,12);;/q;+1;-1. The fraction of sp³-hybridized carbons (Fsp3) is 0.143. The molecule has 0 aliphatic carbocycles. The Morgan fingerprint density at radius 2 is 1.93 bits per heavy atom. The van der Waals surface area contributed by atoms with E-state index in [1.807, 2.05) is 0 Å². The Bertz CT molecular complexity index is 424. The summed E-state index contributed by atoms with van der Waals surface area (Å²) in [5, 5.41) is 0.644. The molecule has 14 heavy (non-hydrogen) atoms. The van der Waals surface area contributed by atoms with Crippen molar-refractivity contribution >= 4 is 33.3 Å². The van der Waals surface area contributed by atoms with E-state index in [0.29, 0.717) is 5.02 Å². The zero-order chi connectivity index (χ0) is 10.1. The van der Waals surface area contributed by atoms with Gasteiger partial charge in [-0.25, -0.2) is 0 Å². The van der Waals surface area contributed by atoms with Crippen LogP contribution < -0.4 is 29.6 Å². The van der Waals surface area contributed by atoms with Gasteiger partial charge in [-0.15, -0.1) is 0 Å². The van der Waals surface area contributed by atoms with Crippen LogP contribution in [0.4, 0.5) is 0 Å². The number of benzene rings is 1. The van der Waals surface area contributed by atoms with E-state index in [2.05, 4.69) is 0 Å². The molecule has 1 N–H and O–H groups in total. The van der Waals surface area contributed by atoms with Gasteiger partial charge in [0.05, 0.1) is 0 Å². The minimum atomic E-state index is -4.06. The fourth-order valence-electron chi connectivity index (χ4n) is 0.850. The first-order chi connectivity index (χ1) is 5.88. The first-order valence-electron chi connectivity index (χ1n) is 3.27. The third-order valence-electron chi connectivity index (χ3n) is 1.35. The Morgan fingerprint density at radius 1 is 1.36 bits per heavy atom. The van der Waals surface area contributed by atoms with Gasteiger partial charge >= 0.3 is 29.6 Å². The summed E-state index contributed by atoms with van der Waals surface area (Å²) in [6, 6.07) is 4.42. The molecule has 0 aliphatic heterocycles. The number of halogens is 2. The largest absolute Gasteiger partial charge is 1.00 e. The molecule has 0 saturated heterocycles. The molecule has 0 amide bonds. The van der Waals surface area contributed by atoms with Gasteiger partial charge in [-0.3, -0.25) is 4.55 Å². The van der Waals surface area contributed by atoms with Crippen molar-refractivity contribution in [3.8, 4) is 0 Å². The second kappa shape index (κ2) is 5.70.